The molecule has 2 rings (SSSR count). The van der Waals surface area contributed by atoms with Crippen LogP contribution in [0.15, 0.2) is 12.1 Å². The Hall–Kier alpha value is -1.37. The third-order valence-corrected chi connectivity index (χ3v) is 3.22. The quantitative estimate of drug-likeness (QED) is 0.797. The highest BCUT2D eigenvalue weighted by Gasteiger charge is 2.39. The van der Waals surface area contributed by atoms with Crippen LogP contribution in [0.5, 0.6) is 0 Å². The molecule has 0 bridgehead atoms. The molecule has 8 heteroatoms. The van der Waals surface area contributed by atoms with Gasteiger partial charge in [-0.15, -0.1) is 0 Å². The second-order valence-electron chi connectivity index (χ2n) is 4.20. The van der Waals surface area contributed by atoms with E-state index in [1.54, 1.807) is 0 Å². The number of carbonyl (C=O) groups is 2. The fourth-order valence-electron chi connectivity index (χ4n) is 2.03. The first-order valence-corrected chi connectivity index (χ1v) is 6.19. The number of carboxylic acids is 1. The van der Waals surface area contributed by atoms with Crippen molar-refractivity contribution in [1.29, 1.82) is 0 Å². The highest BCUT2D eigenvalue weighted by atomic mass is 35.5. The first-order valence-electron chi connectivity index (χ1n) is 5.43. The number of β-amino-alcohol motifs (C(OH)–C–C–N with tert-alkyl or cyclic N) is 1. The maximum Gasteiger partial charge on any atom is 0.326 e. The molecular weight excluding hydrogens is 295 g/mol. The van der Waals surface area contributed by atoms with E-state index in [0.29, 0.717) is 0 Å². The van der Waals surface area contributed by atoms with E-state index in [2.05, 4.69) is 4.98 Å². The van der Waals surface area contributed by atoms with Gasteiger partial charge in [0.2, 0.25) is 0 Å². The zero-order valence-electron chi connectivity index (χ0n) is 9.58. The Kier molecular flexibility index (Phi) is 3.93. The number of aliphatic hydroxyl groups is 1. The van der Waals surface area contributed by atoms with Crippen LogP contribution in [-0.4, -0.2) is 50.7 Å². The van der Waals surface area contributed by atoms with Crippen LogP contribution >= 0.6 is 23.2 Å². The molecule has 1 aliphatic heterocycles. The molecule has 102 valence electrons. The van der Waals surface area contributed by atoms with E-state index < -0.39 is 24.0 Å². The van der Waals surface area contributed by atoms with Crippen molar-refractivity contribution in [1.82, 2.24) is 9.88 Å². The summed E-state index contributed by atoms with van der Waals surface area (Å²) in [6, 6.07) is 1.56. The zero-order valence-corrected chi connectivity index (χ0v) is 11.1. The van der Waals surface area contributed by atoms with Crippen LogP contribution in [0.25, 0.3) is 0 Å². The van der Waals surface area contributed by atoms with E-state index >= 15 is 0 Å². The summed E-state index contributed by atoms with van der Waals surface area (Å²) >= 11 is 11.4. The number of hydrogen-bond donors (Lipinski definition) is 2. The highest BCUT2D eigenvalue weighted by Crippen LogP contribution is 2.23. The molecule has 1 saturated heterocycles. The number of aromatic nitrogens is 1. The van der Waals surface area contributed by atoms with Gasteiger partial charge in [-0.05, 0) is 12.1 Å². The second kappa shape index (κ2) is 5.32. The maximum absolute atomic E-state index is 12.2. The molecule has 1 fully saturated rings. The fourth-order valence-corrected chi connectivity index (χ4v) is 2.49. The van der Waals surface area contributed by atoms with E-state index in [1.165, 1.54) is 12.1 Å². The summed E-state index contributed by atoms with van der Waals surface area (Å²) in [7, 11) is 0. The molecule has 6 nitrogen and oxygen atoms in total. The summed E-state index contributed by atoms with van der Waals surface area (Å²) in [6.45, 7) is -0.0344. The molecule has 0 saturated carbocycles. The Balaban J connectivity index is 2.30. The SMILES string of the molecule is O=C(O)[C@@H]1C[C@H](O)CN1C(=O)c1cc(Cl)nc(Cl)c1. The van der Waals surface area contributed by atoms with Gasteiger partial charge in [0, 0.05) is 18.5 Å². The molecule has 19 heavy (non-hydrogen) atoms. The number of likely N-dealkylation sites (tertiary alicyclic amines) is 1. The lowest BCUT2D eigenvalue weighted by atomic mass is 10.2. The van der Waals surface area contributed by atoms with E-state index in [1.807, 2.05) is 0 Å². The smallest absolute Gasteiger partial charge is 0.326 e. The van der Waals surface area contributed by atoms with Gasteiger partial charge in [0.1, 0.15) is 16.3 Å². The summed E-state index contributed by atoms with van der Waals surface area (Å²) in [4.78, 5) is 28.1. The first-order chi connectivity index (χ1) is 8.88. The number of hydrogen-bond acceptors (Lipinski definition) is 4. The van der Waals surface area contributed by atoms with Crippen LogP contribution in [0.3, 0.4) is 0 Å². The van der Waals surface area contributed by atoms with Gasteiger partial charge in [-0.3, -0.25) is 4.79 Å². The standard InChI is InChI=1S/C11H10Cl2N2O4/c12-8-1-5(2-9(13)14-8)10(17)15-4-6(16)3-7(15)11(18)19/h1-2,6-7,16H,3-4H2,(H,18,19)/t6-,7-/m0/s1. The van der Waals surface area contributed by atoms with Gasteiger partial charge in [-0.25, -0.2) is 9.78 Å². The second-order valence-corrected chi connectivity index (χ2v) is 4.98. The van der Waals surface area contributed by atoms with Crippen molar-refractivity contribution in [2.75, 3.05) is 6.54 Å². The summed E-state index contributed by atoms with van der Waals surface area (Å²) in [5, 5.41) is 18.6. The Morgan fingerprint density at radius 2 is 1.89 bits per heavy atom. The Morgan fingerprint density at radius 1 is 1.32 bits per heavy atom. The lowest BCUT2D eigenvalue weighted by molar-refractivity contribution is -0.141. The van der Waals surface area contributed by atoms with Crippen molar-refractivity contribution in [3.8, 4) is 0 Å². The number of carbonyl (C=O) groups excluding carboxylic acids is 1. The van der Waals surface area contributed by atoms with Gasteiger partial charge in [0.25, 0.3) is 5.91 Å². The van der Waals surface area contributed by atoms with Crippen LogP contribution in [0.2, 0.25) is 10.3 Å². The average Bonchev–Trinajstić information content (AvgIpc) is 2.69. The zero-order chi connectivity index (χ0) is 14.2. The minimum Gasteiger partial charge on any atom is -0.480 e. The minimum absolute atomic E-state index is 0.00756. The van der Waals surface area contributed by atoms with E-state index in [0.717, 1.165) is 4.90 Å². The molecular formula is C11H10Cl2N2O4. The Bertz CT molecular complexity index is 517. The Morgan fingerprint density at radius 3 is 2.42 bits per heavy atom. The lowest BCUT2D eigenvalue weighted by Crippen LogP contribution is -2.40. The summed E-state index contributed by atoms with van der Waals surface area (Å²) < 4.78 is 0. The monoisotopic (exact) mass is 304 g/mol. The largest absolute Gasteiger partial charge is 0.480 e. The number of carboxylic acid groups (broad SMARTS) is 1. The fraction of sp³-hybridized carbons (Fsp3) is 0.364. The number of aliphatic hydroxyl groups excluding tert-OH is 1. The van der Waals surface area contributed by atoms with Crippen molar-refractivity contribution >= 4 is 35.1 Å². The van der Waals surface area contributed by atoms with Crippen molar-refractivity contribution in [3.63, 3.8) is 0 Å². The van der Waals surface area contributed by atoms with Crippen molar-refractivity contribution in [3.05, 3.63) is 28.0 Å². The van der Waals surface area contributed by atoms with Crippen molar-refractivity contribution in [2.45, 2.75) is 18.6 Å². The van der Waals surface area contributed by atoms with Gasteiger partial charge in [-0.1, -0.05) is 23.2 Å². The van der Waals surface area contributed by atoms with Crippen LogP contribution in [0, 0.1) is 0 Å². The van der Waals surface area contributed by atoms with Crippen molar-refractivity contribution in [2.24, 2.45) is 0 Å². The predicted octanol–water partition coefficient (Wildman–Crippen LogP) is 1.05. The van der Waals surface area contributed by atoms with Gasteiger partial charge in [-0.2, -0.15) is 0 Å². The van der Waals surface area contributed by atoms with Gasteiger partial charge in [0.15, 0.2) is 0 Å². The van der Waals surface area contributed by atoms with Crippen LogP contribution in [0.4, 0.5) is 0 Å². The van der Waals surface area contributed by atoms with E-state index in [-0.39, 0.29) is 28.8 Å². The molecule has 1 aromatic rings. The van der Waals surface area contributed by atoms with Gasteiger partial charge >= 0.3 is 5.97 Å². The molecule has 1 aliphatic rings. The minimum atomic E-state index is -1.16. The number of rotatable bonds is 2. The molecule has 2 atom stereocenters. The lowest BCUT2D eigenvalue weighted by Gasteiger charge is -2.21. The third kappa shape index (κ3) is 2.97. The molecule has 2 N–H and O–H groups in total. The Labute approximate surface area is 118 Å². The van der Waals surface area contributed by atoms with Crippen molar-refractivity contribution < 1.29 is 19.8 Å². The molecule has 1 aromatic heterocycles. The average molecular weight is 305 g/mol. The third-order valence-electron chi connectivity index (χ3n) is 2.83. The molecule has 2 heterocycles. The summed E-state index contributed by atoms with van der Waals surface area (Å²) in [6.07, 6.45) is -0.842. The molecule has 1 amide bonds. The summed E-state index contributed by atoms with van der Waals surface area (Å²) in [5.74, 6) is -1.70. The highest BCUT2D eigenvalue weighted by molar-refractivity contribution is 6.33. The topological polar surface area (TPSA) is 90.7 Å². The number of halogens is 2. The van der Waals surface area contributed by atoms with E-state index in [9.17, 15) is 14.7 Å². The molecule has 0 spiro atoms. The molecule has 0 aliphatic carbocycles. The van der Waals surface area contributed by atoms with E-state index in [4.69, 9.17) is 28.3 Å². The number of nitrogens with zero attached hydrogens (tertiary/aromatic N) is 2. The van der Waals surface area contributed by atoms with Crippen LogP contribution < -0.4 is 0 Å². The first kappa shape index (κ1) is 14.0. The molecule has 0 unspecified atom stereocenters. The predicted molar refractivity (Wildman–Crippen MR) is 67.3 cm³/mol. The maximum atomic E-state index is 12.2. The van der Waals surface area contributed by atoms with Crippen LogP contribution in [-0.2, 0) is 4.79 Å². The van der Waals surface area contributed by atoms with Gasteiger partial charge in [0.05, 0.1) is 6.10 Å². The van der Waals surface area contributed by atoms with Gasteiger partial charge < -0.3 is 15.1 Å². The normalized spacial score (nSPS) is 22.6. The molecule has 0 radical (unpaired) electrons. The number of amides is 1. The summed E-state index contributed by atoms with van der Waals surface area (Å²) in [5.41, 5.74) is 0.144. The molecule has 0 aromatic carbocycles. The number of aliphatic carboxylic acids is 1. The number of pyridine rings is 1. The van der Waals surface area contributed by atoms with Crippen LogP contribution in [0.1, 0.15) is 16.8 Å².